The lowest BCUT2D eigenvalue weighted by molar-refractivity contribution is -0.147. The average molecular weight is 522 g/mol. The Labute approximate surface area is 220 Å². The van der Waals surface area contributed by atoms with Gasteiger partial charge in [-0.25, -0.2) is 0 Å². The van der Waals surface area contributed by atoms with Crippen molar-refractivity contribution >= 4 is 30.0 Å². The molecule has 2 aliphatic rings. The molecule has 8 heteroatoms. The SMILES string of the molecule is Cc1cc(-c2nc(-c3ccc4c(c3)CN(C3CC(C(=O)O)C3)C4)no2)ccc1-c1ccccc1Cl.Cl. The van der Waals surface area contributed by atoms with Crippen molar-refractivity contribution in [2.45, 2.75) is 38.9 Å². The molecule has 0 unspecified atom stereocenters. The maximum absolute atomic E-state index is 11.1. The van der Waals surface area contributed by atoms with E-state index in [-0.39, 0.29) is 18.3 Å². The van der Waals surface area contributed by atoms with Gasteiger partial charge < -0.3 is 9.63 Å². The van der Waals surface area contributed by atoms with Gasteiger partial charge in [0.15, 0.2) is 0 Å². The van der Waals surface area contributed by atoms with Crippen LogP contribution in [-0.2, 0) is 17.9 Å². The second-order valence-corrected chi connectivity index (χ2v) is 9.89. The number of benzene rings is 3. The fourth-order valence-electron chi connectivity index (χ4n) is 5.14. The highest BCUT2D eigenvalue weighted by molar-refractivity contribution is 6.33. The predicted molar refractivity (Wildman–Crippen MR) is 141 cm³/mol. The van der Waals surface area contributed by atoms with Gasteiger partial charge in [-0.15, -0.1) is 12.4 Å². The summed E-state index contributed by atoms with van der Waals surface area (Å²) in [4.78, 5) is 18.2. The minimum atomic E-state index is -0.679. The summed E-state index contributed by atoms with van der Waals surface area (Å²) in [5, 5.41) is 14.1. The zero-order valence-electron chi connectivity index (χ0n) is 19.6. The predicted octanol–water partition coefficient (Wildman–Crippen LogP) is 6.63. The summed E-state index contributed by atoms with van der Waals surface area (Å²) < 4.78 is 5.62. The number of aliphatic carboxylic acids is 1. The number of carbonyl (C=O) groups is 1. The smallest absolute Gasteiger partial charge is 0.306 e. The lowest BCUT2D eigenvalue weighted by Gasteiger charge is -2.39. The second kappa shape index (κ2) is 9.69. The number of aryl methyl sites for hydroxylation is 1. The maximum Gasteiger partial charge on any atom is 0.306 e. The van der Waals surface area contributed by atoms with Crippen LogP contribution < -0.4 is 0 Å². The summed E-state index contributed by atoms with van der Waals surface area (Å²) in [5.74, 6) is 0.162. The summed E-state index contributed by atoms with van der Waals surface area (Å²) in [5.41, 5.74) is 7.45. The molecule has 0 amide bonds. The van der Waals surface area contributed by atoms with Crippen molar-refractivity contribution in [1.29, 1.82) is 0 Å². The van der Waals surface area contributed by atoms with Crippen LogP contribution in [0.15, 0.2) is 65.2 Å². The molecule has 1 aliphatic heterocycles. The van der Waals surface area contributed by atoms with E-state index >= 15 is 0 Å². The third-order valence-electron chi connectivity index (χ3n) is 7.25. The first kappa shape index (κ1) is 24.5. The molecule has 1 saturated carbocycles. The lowest BCUT2D eigenvalue weighted by Crippen LogP contribution is -2.44. The number of carboxylic acids is 1. The summed E-state index contributed by atoms with van der Waals surface area (Å²) in [6, 6.07) is 20.5. The van der Waals surface area contributed by atoms with Crippen LogP contribution in [-0.4, -0.2) is 32.2 Å². The first-order valence-electron chi connectivity index (χ1n) is 11.7. The largest absolute Gasteiger partial charge is 0.481 e. The summed E-state index contributed by atoms with van der Waals surface area (Å²) >= 11 is 6.39. The number of fused-ring (bicyclic) bond motifs is 1. The van der Waals surface area contributed by atoms with Crippen LogP contribution in [0.1, 0.15) is 29.5 Å². The van der Waals surface area contributed by atoms with Crippen LogP contribution in [0.2, 0.25) is 5.02 Å². The van der Waals surface area contributed by atoms with E-state index in [0.717, 1.165) is 58.8 Å². The molecule has 0 saturated heterocycles. The van der Waals surface area contributed by atoms with Crippen LogP contribution >= 0.6 is 24.0 Å². The van der Waals surface area contributed by atoms with Gasteiger partial charge in [0.1, 0.15) is 0 Å². The van der Waals surface area contributed by atoms with Crippen molar-refractivity contribution in [1.82, 2.24) is 15.0 Å². The van der Waals surface area contributed by atoms with Crippen molar-refractivity contribution < 1.29 is 14.4 Å². The molecule has 6 rings (SSSR count). The second-order valence-electron chi connectivity index (χ2n) is 9.48. The number of hydrogen-bond acceptors (Lipinski definition) is 5. The molecule has 4 aromatic rings. The molecule has 0 bridgehead atoms. The molecular weight excluding hydrogens is 497 g/mol. The van der Waals surface area contributed by atoms with E-state index in [1.807, 2.05) is 55.5 Å². The van der Waals surface area contributed by atoms with Gasteiger partial charge in [-0.2, -0.15) is 4.98 Å². The number of nitrogens with zero attached hydrogens (tertiary/aromatic N) is 3. The van der Waals surface area contributed by atoms with Crippen LogP contribution in [0.4, 0.5) is 0 Å². The quantitative estimate of drug-likeness (QED) is 0.317. The fraction of sp³-hybridized carbons (Fsp3) is 0.250. The Morgan fingerprint density at radius 1 is 1.00 bits per heavy atom. The molecule has 0 spiro atoms. The van der Waals surface area contributed by atoms with Gasteiger partial charge in [-0.05, 0) is 66.3 Å². The minimum Gasteiger partial charge on any atom is -0.481 e. The van der Waals surface area contributed by atoms with E-state index in [2.05, 4.69) is 27.2 Å². The van der Waals surface area contributed by atoms with Crippen LogP contribution in [0, 0.1) is 12.8 Å². The standard InChI is InChI=1S/C28H24ClN3O3.ClH/c1-16-10-18(8-9-23(16)24-4-2-3-5-25(24)29)27-30-26(31-35-27)17-6-7-19-14-32(15-21(19)11-17)22-12-20(13-22)28(33)34;/h2-11,20,22H,12-15H2,1H3,(H,33,34);1H. The molecule has 3 aromatic carbocycles. The molecule has 1 aromatic heterocycles. The van der Waals surface area contributed by atoms with Crippen LogP contribution in [0.5, 0.6) is 0 Å². The third kappa shape index (κ3) is 4.41. The van der Waals surface area contributed by atoms with Crippen molar-refractivity contribution in [3.05, 3.63) is 82.4 Å². The highest BCUT2D eigenvalue weighted by Gasteiger charge is 2.39. The Kier molecular flexibility index (Phi) is 6.60. The highest BCUT2D eigenvalue weighted by Crippen LogP contribution is 2.38. The molecule has 1 N–H and O–H groups in total. The number of halogens is 2. The Morgan fingerprint density at radius 2 is 1.75 bits per heavy atom. The number of carboxylic acid groups (broad SMARTS) is 1. The van der Waals surface area contributed by atoms with Gasteiger partial charge in [0.2, 0.25) is 5.82 Å². The molecule has 2 heterocycles. The Morgan fingerprint density at radius 3 is 2.50 bits per heavy atom. The van der Waals surface area contributed by atoms with Gasteiger partial charge in [0.05, 0.1) is 5.92 Å². The van der Waals surface area contributed by atoms with Crippen molar-refractivity contribution in [3.63, 3.8) is 0 Å². The topological polar surface area (TPSA) is 79.5 Å². The molecule has 36 heavy (non-hydrogen) atoms. The molecular formula is C28H25Cl2N3O3. The summed E-state index contributed by atoms with van der Waals surface area (Å²) in [7, 11) is 0. The molecule has 0 atom stereocenters. The van der Waals surface area contributed by atoms with Crippen LogP contribution in [0.3, 0.4) is 0 Å². The Bertz CT molecular complexity index is 1450. The van der Waals surface area contributed by atoms with Crippen molar-refractivity contribution in [3.8, 4) is 34.0 Å². The monoisotopic (exact) mass is 521 g/mol. The van der Waals surface area contributed by atoms with E-state index < -0.39 is 5.97 Å². The van der Waals surface area contributed by atoms with Gasteiger partial charge in [0.25, 0.3) is 5.89 Å². The molecule has 1 aliphatic carbocycles. The average Bonchev–Trinajstić information content (AvgIpc) is 3.45. The lowest BCUT2D eigenvalue weighted by atomic mass is 9.79. The van der Waals surface area contributed by atoms with E-state index in [0.29, 0.717) is 17.8 Å². The van der Waals surface area contributed by atoms with Gasteiger partial charge >= 0.3 is 5.97 Å². The molecule has 1 fully saturated rings. The zero-order valence-corrected chi connectivity index (χ0v) is 21.2. The minimum absolute atomic E-state index is 0. The van der Waals surface area contributed by atoms with Crippen molar-refractivity contribution in [2.75, 3.05) is 0 Å². The van der Waals surface area contributed by atoms with E-state index in [4.69, 9.17) is 21.2 Å². The van der Waals surface area contributed by atoms with E-state index in [1.54, 1.807) is 0 Å². The summed E-state index contributed by atoms with van der Waals surface area (Å²) in [6.45, 7) is 3.74. The Balaban J connectivity index is 0.00000267. The molecule has 6 nitrogen and oxygen atoms in total. The normalized spacial score (nSPS) is 18.8. The Hall–Kier alpha value is -3.19. The van der Waals surface area contributed by atoms with Crippen LogP contribution in [0.25, 0.3) is 34.0 Å². The molecule has 0 radical (unpaired) electrons. The zero-order chi connectivity index (χ0) is 24.1. The number of rotatable bonds is 5. The first-order chi connectivity index (χ1) is 17.0. The maximum atomic E-state index is 11.1. The van der Waals surface area contributed by atoms with Crippen molar-refractivity contribution in [2.24, 2.45) is 5.92 Å². The fourth-order valence-corrected chi connectivity index (χ4v) is 5.38. The molecule has 184 valence electrons. The van der Waals surface area contributed by atoms with Gasteiger partial charge in [0, 0.05) is 40.8 Å². The number of aromatic nitrogens is 2. The number of hydrogen-bond donors (Lipinski definition) is 1. The summed E-state index contributed by atoms with van der Waals surface area (Å²) in [6.07, 6.45) is 1.47. The van der Waals surface area contributed by atoms with E-state index in [1.165, 1.54) is 11.1 Å². The van der Waals surface area contributed by atoms with E-state index in [9.17, 15) is 4.79 Å². The highest BCUT2D eigenvalue weighted by atomic mass is 35.5. The van der Waals surface area contributed by atoms with Gasteiger partial charge in [-0.1, -0.05) is 53.2 Å². The van der Waals surface area contributed by atoms with Gasteiger partial charge in [-0.3, -0.25) is 9.69 Å². The first-order valence-corrected chi connectivity index (χ1v) is 12.1. The third-order valence-corrected chi connectivity index (χ3v) is 7.58.